The molecule has 3 heterocycles. The Balaban J connectivity index is 0.00000147. The SMILES string of the molecule is Nc1ccc(C(=O)NN=C2CN3CCC2CC3)cc1.[Cl-]. The Morgan fingerprint density at radius 3 is 2.45 bits per heavy atom. The lowest BCUT2D eigenvalue weighted by Crippen LogP contribution is -3.00. The van der Waals surface area contributed by atoms with E-state index in [9.17, 15) is 4.79 Å². The summed E-state index contributed by atoms with van der Waals surface area (Å²) in [4.78, 5) is 14.3. The van der Waals surface area contributed by atoms with Gasteiger partial charge in [0.1, 0.15) is 0 Å². The highest BCUT2D eigenvalue weighted by atomic mass is 35.5. The van der Waals surface area contributed by atoms with Crippen LogP contribution < -0.4 is 23.6 Å². The Morgan fingerprint density at radius 1 is 1.25 bits per heavy atom. The Morgan fingerprint density at radius 2 is 1.90 bits per heavy atom. The van der Waals surface area contributed by atoms with Crippen LogP contribution >= 0.6 is 0 Å². The van der Waals surface area contributed by atoms with Crippen molar-refractivity contribution in [2.45, 2.75) is 12.8 Å². The van der Waals surface area contributed by atoms with Crippen LogP contribution in [0.25, 0.3) is 0 Å². The molecule has 0 saturated carbocycles. The summed E-state index contributed by atoms with van der Waals surface area (Å²) < 4.78 is 0. The number of hydrazone groups is 1. The van der Waals surface area contributed by atoms with Gasteiger partial charge in [0.2, 0.25) is 0 Å². The molecule has 3 aliphatic heterocycles. The molecule has 0 spiro atoms. The van der Waals surface area contributed by atoms with E-state index in [0.717, 1.165) is 38.2 Å². The van der Waals surface area contributed by atoms with Crippen molar-refractivity contribution in [3.05, 3.63) is 29.8 Å². The van der Waals surface area contributed by atoms with E-state index in [1.54, 1.807) is 24.3 Å². The lowest BCUT2D eigenvalue weighted by molar-refractivity contribution is -0.0000121. The number of carbonyl (C=O) groups is 1. The molecule has 3 saturated heterocycles. The number of hydrogen-bond acceptors (Lipinski definition) is 4. The highest BCUT2D eigenvalue weighted by Gasteiger charge is 2.30. The van der Waals surface area contributed by atoms with Crippen LogP contribution in [-0.4, -0.2) is 36.2 Å². The minimum atomic E-state index is -0.177. The van der Waals surface area contributed by atoms with E-state index in [1.807, 2.05) is 0 Å². The summed E-state index contributed by atoms with van der Waals surface area (Å²) in [6.45, 7) is 3.22. The van der Waals surface area contributed by atoms with E-state index in [2.05, 4.69) is 15.4 Å². The van der Waals surface area contributed by atoms with Crippen molar-refractivity contribution in [1.29, 1.82) is 0 Å². The molecule has 0 aromatic heterocycles. The monoisotopic (exact) mass is 293 g/mol. The average Bonchev–Trinajstić information content (AvgIpc) is 2.47. The number of hydrogen-bond donors (Lipinski definition) is 2. The number of nitrogen functional groups attached to an aromatic ring is 1. The quantitative estimate of drug-likeness (QED) is 0.494. The number of nitrogens with one attached hydrogen (secondary N) is 1. The molecule has 108 valence electrons. The van der Waals surface area contributed by atoms with Crippen LogP contribution in [0.5, 0.6) is 0 Å². The number of carbonyl (C=O) groups excluding carboxylic acids is 1. The molecule has 0 unspecified atom stereocenters. The second-order valence-corrected chi connectivity index (χ2v) is 5.22. The molecule has 0 aliphatic carbocycles. The van der Waals surface area contributed by atoms with Gasteiger partial charge in [-0.2, -0.15) is 5.10 Å². The maximum Gasteiger partial charge on any atom is 0.271 e. The van der Waals surface area contributed by atoms with Crippen molar-refractivity contribution in [1.82, 2.24) is 10.3 Å². The zero-order chi connectivity index (χ0) is 13.2. The molecule has 20 heavy (non-hydrogen) atoms. The van der Waals surface area contributed by atoms with Gasteiger partial charge in [-0.3, -0.25) is 9.69 Å². The van der Waals surface area contributed by atoms with E-state index in [4.69, 9.17) is 5.73 Å². The molecular formula is C14H18ClN4O-. The average molecular weight is 294 g/mol. The molecule has 2 bridgehead atoms. The third-order valence-electron chi connectivity index (χ3n) is 3.92. The Labute approximate surface area is 124 Å². The minimum Gasteiger partial charge on any atom is -1.00 e. The molecule has 1 aromatic carbocycles. The fourth-order valence-corrected chi connectivity index (χ4v) is 2.73. The molecule has 1 aromatic rings. The van der Waals surface area contributed by atoms with Crippen LogP contribution in [-0.2, 0) is 0 Å². The van der Waals surface area contributed by atoms with Gasteiger partial charge in [-0.1, -0.05) is 0 Å². The van der Waals surface area contributed by atoms with Gasteiger partial charge in [0.25, 0.3) is 5.91 Å². The Kier molecular flexibility index (Phi) is 4.62. The first-order valence-electron chi connectivity index (χ1n) is 6.67. The molecule has 1 amide bonds. The number of piperidine rings is 3. The fourth-order valence-electron chi connectivity index (χ4n) is 2.73. The number of anilines is 1. The molecule has 5 nitrogen and oxygen atoms in total. The molecule has 0 radical (unpaired) electrons. The van der Waals surface area contributed by atoms with Crippen LogP contribution in [0.2, 0.25) is 0 Å². The second kappa shape index (κ2) is 6.24. The minimum absolute atomic E-state index is 0. The fraction of sp³-hybridized carbons (Fsp3) is 0.429. The van der Waals surface area contributed by atoms with Crippen LogP contribution in [0.15, 0.2) is 29.4 Å². The van der Waals surface area contributed by atoms with Crippen molar-refractivity contribution in [2.24, 2.45) is 11.0 Å². The summed E-state index contributed by atoms with van der Waals surface area (Å²) in [6, 6.07) is 6.86. The first-order chi connectivity index (χ1) is 9.22. The van der Waals surface area contributed by atoms with Crippen molar-refractivity contribution in [3.8, 4) is 0 Å². The Hall–Kier alpha value is -1.59. The molecule has 3 fully saturated rings. The van der Waals surface area contributed by atoms with E-state index < -0.39 is 0 Å². The van der Waals surface area contributed by atoms with Gasteiger partial charge in [-0.15, -0.1) is 0 Å². The lowest BCUT2D eigenvalue weighted by atomic mass is 9.87. The molecule has 6 heteroatoms. The van der Waals surface area contributed by atoms with E-state index >= 15 is 0 Å². The summed E-state index contributed by atoms with van der Waals surface area (Å²) in [6.07, 6.45) is 2.33. The number of fused-ring (bicyclic) bond motifs is 3. The standard InChI is InChI=1S/C14H18N4O.ClH/c15-12-3-1-11(2-4-12)14(19)17-16-13-9-18-7-5-10(13)6-8-18;/h1-4,10H,5-9,15H2,(H,17,19);1H/p-1. The highest BCUT2D eigenvalue weighted by Crippen LogP contribution is 2.24. The van der Waals surface area contributed by atoms with Crippen molar-refractivity contribution in [2.75, 3.05) is 25.4 Å². The molecular weight excluding hydrogens is 276 g/mol. The highest BCUT2D eigenvalue weighted by molar-refractivity contribution is 5.96. The lowest BCUT2D eigenvalue weighted by Gasteiger charge is -2.39. The van der Waals surface area contributed by atoms with Crippen molar-refractivity contribution >= 4 is 17.3 Å². The van der Waals surface area contributed by atoms with Gasteiger partial charge >= 0.3 is 0 Å². The van der Waals surface area contributed by atoms with Crippen LogP contribution in [0, 0.1) is 5.92 Å². The summed E-state index contributed by atoms with van der Waals surface area (Å²) in [5.74, 6) is 0.376. The zero-order valence-corrected chi connectivity index (χ0v) is 11.9. The second-order valence-electron chi connectivity index (χ2n) is 5.22. The van der Waals surface area contributed by atoms with E-state index in [1.165, 1.54) is 0 Å². The topological polar surface area (TPSA) is 70.7 Å². The third-order valence-corrected chi connectivity index (χ3v) is 3.92. The maximum absolute atomic E-state index is 11.9. The number of halogens is 1. The van der Waals surface area contributed by atoms with Gasteiger partial charge < -0.3 is 18.1 Å². The van der Waals surface area contributed by atoms with E-state index in [0.29, 0.717) is 17.2 Å². The number of nitrogens with zero attached hydrogens (tertiary/aromatic N) is 2. The Bertz CT molecular complexity index is 506. The molecule has 3 aliphatic rings. The molecule has 3 N–H and O–H groups in total. The first-order valence-corrected chi connectivity index (χ1v) is 6.67. The summed E-state index contributed by atoms with van der Waals surface area (Å²) in [5.41, 5.74) is 10.6. The van der Waals surface area contributed by atoms with Crippen LogP contribution in [0.1, 0.15) is 23.2 Å². The van der Waals surface area contributed by atoms with Gasteiger partial charge in [-0.05, 0) is 50.2 Å². The zero-order valence-electron chi connectivity index (χ0n) is 11.2. The van der Waals surface area contributed by atoms with Gasteiger partial charge in [0.15, 0.2) is 0 Å². The largest absolute Gasteiger partial charge is 1.00 e. The molecule has 0 atom stereocenters. The predicted molar refractivity (Wildman–Crippen MR) is 74.9 cm³/mol. The van der Waals surface area contributed by atoms with Gasteiger partial charge in [0, 0.05) is 23.7 Å². The number of nitrogens with two attached hydrogens (primary N) is 1. The normalized spacial score (nSPS) is 26.1. The van der Waals surface area contributed by atoms with Gasteiger partial charge in [0.05, 0.1) is 5.71 Å². The van der Waals surface area contributed by atoms with Crippen LogP contribution in [0.4, 0.5) is 5.69 Å². The van der Waals surface area contributed by atoms with Crippen molar-refractivity contribution in [3.63, 3.8) is 0 Å². The predicted octanol–water partition coefficient (Wildman–Crippen LogP) is -1.92. The van der Waals surface area contributed by atoms with E-state index in [-0.39, 0.29) is 18.3 Å². The number of benzene rings is 1. The summed E-state index contributed by atoms with van der Waals surface area (Å²) >= 11 is 0. The summed E-state index contributed by atoms with van der Waals surface area (Å²) in [5, 5.41) is 4.31. The third kappa shape index (κ3) is 3.11. The van der Waals surface area contributed by atoms with Gasteiger partial charge in [-0.25, -0.2) is 5.43 Å². The maximum atomic E-state index is 11.9. The summed E-state index contributed by atoms with van der Waals surface area (Å²) in [7, 11) is 0. The first kappa shape index (κ1) is 14.8. The van der Waals surface area contributed by atoms with Crippen molar-refractivity contribution < 1.29 is 17.2 Å². The number of rotatable bonds is 2. The number of amides is 1. The smallest absolute Gasteiger partial charge is 0.271 e. The molecule has 4 rings (SSSR count). The van der Waals surface area contributed by atoms with Crippen LogP contribution in [0.3, 0.4) is 0 Å².